The third-order valence-electron chi connectivity index (χ3n) is 4.56. The zero-order valence-corrected chi connectivity index (χ0v) is 17.4. The second kappa shape index (κ2) is 9.69. The highest BCUT2D eigenvalue weighted by atomic mass is 16.5. The summed E-state index contributed by atoms with van der Waals surface area (Å²) in [7, 11) is 6.30. The van der Waals surface area contributed by atoms with Gasteiger partial charge in [-0.2, -0.15) is 0 Å². The van der Waals surface area contributed by atoms with E-state index in [9.17, 15) is 4.79 Å². The van der Waals surface area contributed by atoms with Crippen LogP contribution >= 0.6 is 0 Å². The van der Waals surface area contributed by atoms with Crippen molar-refractivity contribution in [2.24, 2.45) is 0 Å². The molecule has 1 N–H and O–H groups in total. The van der Waals surface area contributed by atoms with E-state index in [1.807, 2.05) is 18.2 Å². The fraction of sp³-hybridized carbons (Fsp3) is 0.273. The van der Waals surface area contributed by atoms with Gasteiger partial charge in [-0.3, -0.25) is 4.79 Å². The van der Waals surface area contributed by atoms with Crippen LogP contribution in [0.2, 0.25) is 0 Å². The summed E-state index contributed by atoms with van der Waals surface area (Å²) in [5.41, 5.74) is 1.94. The number of amides is 1. The molecular formula is C22H24N2O6. The zero-order chi connectivity index (χ0) is 21.5. The smallest absolute Gasteiger partial charge is 0.273 e. The first-order valence-electron chi connectivity index (χ1n) is 9.27. The van der Waals surface area contributed by atoms with E-state index in [1.54, 1.807) is 52.7 Å². The van der Waals surface area contributed by atoms with Crippen LogP contribution in [0.3, 0.4) is 0 Å². The number of carbonyl (C=O) groups is 1. The van der Waals surface area contributed by atoms with Gasteiger partial charge < -0.3 is 28.8 Å². The summed E-state index contributed by atoms with van der Waals surface area (Å²) in [5, 5.41) is 6.71. The fourth-order valence-corrected chi connectivity index (χ4v) is 2.95. The zero-order valence-electron chi connectivity index (χ0n) is 17.4. The second-order valence-corrected chi connectivity index (χ2v) is 6.34. The molecule has 0 spiro atoms. The van der Waals surface area contributed by atoms with Crippen molar-refractivity contribution >= 4 is 5.91 Å². The van der Waals surface area contributed by atoms with Crippen LogP contribution in [0.5, 0.6) is 23.0 Å². The van der Waals surface area contributed by atoms with Gasteiger partial charge in [-0.15, -0.1) is 0 Å². The number of hydrogen-bond donors (Lipinski definition) is 1. The summed E-state index contributed by atoms with van der Waals surface area (Å²) in [6, 6.07) is 12.6. The molecule has 0 saturated carbocycles. The molecule has 8 heteroatoms. The molecular weight excluding hydrogens is 388 g/mol. The monoisotopic (exact) mass is 412 g/mol. The molecule has 158 valence electrons. The molecule has 3 aromatic rings. The SMILES string of the molecule is COc1ccc(CCNC(=O)c2cc(-c3ccc(OC)c(OC)c3)on2)cc1OC. The highest BCUT2D eigenvalue weighted by molar-refractivity contribution is 5.93. The van der Waals surface area contributed by atoms with E-state index in [4.69, 9.17) is 23.5 Å². The van der Waals surface area contributed by atoms with Crippen molar-refractivity contribution in [3.8, 4) is 34.3 Å². The van der Waals surface area contributed by atoms with Crippen LogP contribution < -0.4 is 24.3 Å². The Morgan fingerprint density at radius 2 is 1.50 bits per heavy atom. The number of nitrogens with one attached hydrogen (secondary N) is 1. The van der Waals surface area contributed by atoms with E-state index in [1.165, 1.54) is 0 Å². The number of benzene rings is 2. The van der Waals surface area contributed by atoms with Gasteiger partial charge >= 0.3 is 0 Å². The molecule has 0 unspecified atom stereocenters. The van der Waals surface area contributed by atoms with E-state index in [0.29, 0.717) is 41.7 Å². The fourth-order valence-electron chi connectivity index (χ4n) is 2.95. The van der Waals surface area contributed by atoms with E-state index in [0.717, 1.165) is 11.1 Å². The summed E-state index contributed by atoms with van der Waals surface area (Å²) < 4.78 is 26.4. The molecule has 0 fully saturated rings. The Morgan fingerprint density at radius 1 is 0.867 bits per heavy atom. The lowest BCUT2D eigenvalue weighted by Crippen LogP contribution is -2.25. The highest BCUT2D eigenvalue weighted by Crippen LogP contribution is 2.32. The minimum absolute atomic E-state index is 0.201. The molecule has 1 aromatic heterocycles. The lowest BCUT2D eigenvalue weighted by molar-refractivity contribution is 0.0945. The lowest BCUT2D eigenvalue weighted by Gasteiger charge is -2.09. The molecule has 1 heterocycles. The third-order valence-corrected chi connectivity index (χ3v) is 4.56. The van der Waals surface area contributed by atoms with Crippen molar-refractivity contribution in [1.82, 2.24) is 10.5 Å². The van der Waals surface area contributed by atoms with Crippen molar-refractivity contribution in [3.05, 3.63) is 53.7 Å². The third kappa shape index (κ3) is 4.65. The van der Waals surface area contributed by atoms with Gasteiger partial charge in [-0.05, 0) is 42.3 Å². The summed E-state index contributed by atoms with van der Waals surface area (Å²) in [5.74, 6) is 2.63. The molecule has 30 heavy (non-hydrogen) atoms. The summed E-state index contributed by atoms with van der Waals surface area (Å²) >= 11 is 0. The first-order chi connectivity index (χ1) is 14.6. The molecule has 0 radical (unpaired) electrons. The molecule has 2 aromatic carbocycles. The quantitative estimate of drug-likeness (QED) is 0.576. The van der Waals surface area contributed by atoms with Crippen LogP contribution in [0.1, 0.15) is 16.1 Å². The van der Waals surface area contributed by atoms with E-state index >= 15 is 0 Å². The van der Waals surface area contributed by atoms with Gasteiger partial charge in [-0.1, -0.05) is 11.2 Å². The van der Waals surface area contributed by atoms with Crippen molar-refractivity contribution in [3.63, 3.8) is 0 Å². The van der Waals surface area contributed by atoms with Gasteiger partial charge in [0.15, 0.2) is 34.5 Å². The summed E-state index contributed by atoms with van der Waals surface area (Å²) in [6.07, 6.45) is 0.631. The Bertz CT molecular complexity index is 1010. The Kier molecular flexibility index (Phi) is 6.79. The number of rotatable bonds is 9. The number of aromatic nitrogens is 1. The number of nitrogens with zero attached hydrogens (tertiary/aromatic N) is 1. The molecule has 0 saturated heterocycles. The predicted molar refractivity (Wildman–Crippen MR) is 111 cm³/mol. The average Bonchev–Trinajstić information content (AvgIpc) is 3.28. The molecule has 3 rings (SSSR count). The standard InChI is InChI=1S/C22H24N2O6/c1-26-17-7-5-14(11-20(17)28-3)9-10-23-22(25)16-13-19(30-24-16)15-6-8-18(27-2)21(12-15)29-4/h5-8,11-13H,9-10H2,1-4H3,(H,23,25). The van der Waals surface area contributed by atoms with Crippen LogP contribution in [0, 0.1) is 0 Å². The molecule has 8 nitrogen and oxygen atoms in total. The van der Waals surface area contributed by atoms with Gasteiger partial charge in [0.1, 0.15) is 0 Å². The van der Waals surface area contributed by atoms with Crippen LogP contribution in [-0.4, -0.2) is 46.0 Å². The Labute approximate surface area is 174 Å². The maximum atomic E-state index is 12.4. The molecule has 0 bridgehead atoms. The molecule has 1 amide bonds. The maximum absolute atomic E-state index is 12.4. The topological polar surface area (TPSA) is 92.1 Å². The first-order valence-corrected chi connectivity index (χ1v) is 9.27. The Morgan fingerprint density at radius 3 is 2.17 bits per heavy atom. The van der Waals surface area contributed by atoms with Crippen molar-refractivity contribution in [2.45, 2.75) is 6.42 Å². The molecule has 0 aliphatic carbocycles. The number of carbonyl (C=O) groups excluding carboxylic acids is 1. The molecule has 0 atom stereocenters. The van der Waals surface area contributed by atoms with Crippen LogP contribution in [0.15, 0.2) is 47.0 Å². The van der Waals surface area contributed by atoms with E-state index < -0.39 is 0 Å². The molecule has 0 aliphatic rings. The van der Waals surface area contributed by atoms with Gasteiger partial charge in [0.05, 0.1) is 28.4 Å². The highest BCUT2D eigenvalue weighted by Gasteiger charge is 2.15. The first kappa shape index (κ1) is 21.0. The van der Waals surface area contributed by atoms with E-state index in [-0.39, 0.29) is 11.6 Å². The molecule has 0 aliphatic heterocycles. The normalized spacial score (nSPS) is 10.4. The van der Waals surface area contributed by atoms with Gasteiger partial charge in [-0.25, -0.2) is 0 Å². The van der Waals surface area contributed by atoms with Crippen LogP contribution in [-0.2, 0) is 6.42 Å². The number of hydrogen-bond acceptors (Lipinski definition) is 7. The van der Waals surface area contributed by atoms with Crippen molar-refractivity contribution in [2.75, 3.05) is 35.0 Å². The second-order valence-electron chi connectivity index (χ2n) is 6.34. The average molecular weight is 412 g/mol. The minimum Gasteiger partial charge on any atom is -0.493 e. The predicted octanol–water partition coefficient (Wildman–Crippen LogP) is 3.35. The van der Waals surface area contributed by atoms with Gasteiger partial charge in [0, 0.05) is 18.2 Å². The maximum Gasteiger partial charge on any atom is 0.273 e. The minimum atomic E-state index is -0.314. The van der Waals surface area contributed by atoms with Crippen LogP contribution in [0.25, 0.3) is 11.3 Å². The van der Waals surface area contributed by atoms with Crippen molar-refractivity contribution in [1.29, 1.82) is 0 Å². The van der Waals surface area contributed by atoms with Crippen LogP contribution in [0.4, 0.5) is 0 Å². The number of ether oxygens (including phenoxy) is 4. The number of methoxy groups -OCH3 is 4. The van der Waals surface area contributed by atoms with E-state index in [2.05, 4.69) is 10.5 Å². The summed E-state index contributed by atoms with van der Waals surface area (Å²) in [4.78, 5) is 12.4. The van der Waals surface area contributed by atoms with Crippen molar-refractivity contribution < 1.29 is 28.3 Å². The lowest BCUT2D eigenvalue weighted by atomic mass is 10.1. The van der Waals surface area contributed by atoms with Gasteiger partial charge in [0.2, 0.25) is 0 Å². The van der Waals surface area contributed by atoms with Gasteiger partial charge in [0.25, 0.3) is 5.91 Å². The Balaban J connectivity index is 1.62. The summed E-state index contributed by atoms with van der Waals surface area (Å²) in [6.45, 7) is 0.437. The Hall–Kier alpha value is -3.68. The largest absolute Gasteiger partial charge is 0.493 e.